The predicted molar refractivity (Wildman–Crippen MR) is 65.2 cm³/mol. The van der Waals surface area contributed by atoms with Crippen LogP contribution in [0.2, 0.25) is 0 Å². The molecule has 0 heterocycles. The van der Waals surface area contributed by atoms with Gasteiger partial charge in [0.2, 0.25) is 0 Å². The van der Waals surface area contributed by atoms with Crippen LogP contribution in [0.15, 0.2) is 0 Å². The summed E-state index contributed by atoms with van der Waals surface area (Å²) >= 11 is 0. The molecule has 0 spiro atoms. The fourth-order valence-electron chi connectivity index (χ4n) is 5.05. The van der Waals surface area contributed by atoms with E-state index in [0.29, 0.717) is 11.8 Å². The van der Waals surface area contributed by atoms with Crippen LogP contribution >= 0.6 is 0 Å². The number of esters is 1. The zero-order valence-electron chi connectivity index (χ0n) is 10.7. The van der Waals surface area contributed by atoms with Crippen molar-refractivity contribution < 1.29 is 9.53 Å². The molecule has 2 N–H and O–H groups in total. The summed E-state index contributed by atoms with van der Waals surface area (Å²) in [5, 5.41) is 0. The topological polar surface area (TPSA) is 52.3 Å². The van der Waals surface area contributed by atoms with Crippen LogP contribution < -0.4 is 5.73 Å². The molecule has 0 radical (unpaired) electrons. The van der Waals surface area contributed by atoms with Crippen LogP contribution in [0.4, 0.5) is 0 Å². The van der Waals surface area contributed by atoms with E-state index in [0.717, 1.165) is 18.3 Å². The van der Waals surface area contributed by atoms with Crippen molar-refractivity contribution in [2.45, 2.75) is 51.0 Å². The van der Waals surface area contributed by atoms with Gasteiger partial charge >= 0.3 is 5.97 Å². The smallest absolute Gasteiger partial charge is 0.320 e. The maximum atomic E-state index is 11.6. The average Bonchev–Trinajstić information content (AvgIpc) is 2.33. The normalized spacial score (nSPS) is 47.2. The number of carbonyl (C=O) groups excluding carboxylic acids is 1. The van der Waals surface area contributed by atoms with E-state index in [9.17, 15) is 4.79 Å². The van der Waals surface area contributed by atoms with Crippen LogP contribution in [0.1, 0.15) is 45.4 Å². The van der Waals surface area contributed by atoms with Crippen LogP contribution in [-0.2, 0) is 9.53 Å². The van der Waals surface area contributed by atoms with Gasteiger partial charge in [-0.05, 0) is 62.2 Å². The van der Waals surface area contributed by atoms with Gasteiger partial charge in [-0.25, -0.2) is 0 Å². The van der Waals surface area contributed by atoms with E-state index in [1.165, 1.54) is 32.1 Å². The molecule has 0 aromatic carbocycles. The van der Waals surface area contributed by atoms with Crippen molar-refractivity contribution in [3.63, 3.8) is 0 Å². The van der Waals surface area contributed by atoms with Crippen molar-refractivity contribution in [2.24, 2.45) is 29.4 Å². The highest BCUT2D eigenvalue weighted by Gasteiger charge is 2.58. The van der Waals surface area contributed by atoms with E-state index < -0.39 is 0 Å². The Morgan fingerprint density at radius 3 is 2.12 bits per heavy atom. The minimum Gasteiger partial charge on any atom is -0.458 e. The Balaban J connectivity index is 1.86. The van der Waals surface area contributed by atoms with E-state index >= 15 is 0 Å². The van der Waals surface area contributed by atoms with Crippen LogP contribution in [0, 0.1) is 23.7 Å². The molecule has 4 bridgehead atoms. The lowest BCUT2D eigenvalue weighted by atomic mass is 9.49. The van der Waals surface area contributed by atoms with Crippen molar-refractivity contribution in [2.75, 3.05) is 6.54 Å². The molecule has 0 saturated heterocycles. The van der Waals surface area contributed by atoms with E-state index in [1.54, 1.807) is 0 Å². The van der Waals surface area contributed by atoms with Gasteiger partial charge in [-0.15, -0.1) is 0 Å². The van der Waals surface area contributed by atoms with Crippen molar-refractivity contribution in [3.8, 4) is 0 Å². The second kappa shape index (κ2) is 3.98. The van der Waals surface area contributed by atoms with E-state index in [2.05, 4.69) is 6.92 Å². The maximum absolute atomic E-state index is 11.6. The number of carbonyl (C=O) groups is 1. The molecule has 17 heavy (non-hydrogen) atoms. The molecule has 3 nitrogen and oxygen atoms in total. The lowest BCUT2D eigenvalue weighted by Crippen LogP contribution is -2.59. The summed E-state index contributed by atoms with van der Waals surface area (Å²) in [5.41, 5.74) is 5.25. The van der Waals surface area contributed by atoms with Gasteiger partial charge in [-0.2, -0.15) is 0 Å². The first-order chi connectivity index (χ1) is 8.18. The predicted octanol–water partition coefficient (Wildman–Crippen LogP) is 2.09. The third kappa shape index (κ3) is 1.62. The van der Waals surface area contributed by atoms with Gasteiger partial charge in [0, 0.05) is 0 Å². The Morgan fingerprint density at radius 2 is 1.71 bits per heavy atom. The molecule has 4 fully saturated rings. The van der Waals surface area contributed by atoms with Gasteiger partial charge < -0.3 is 10.5 Å². The Kier molecular flexibility index (Phi) is 2.69. The highest BCUT2D eigenvalue weighted by Crippen LogP contribution is 2.60. The third-order valence-corrected chi connectivity index (χ3v) is 5.54. The minimum atomic E-state index is -0.209. The van der Waals surface area contributed by atoms with Gasteiger partial charge in [-0.1, -0.05) is 6.92 Å². The van der Waals surface area contributed by atoms with Crippen molar-refractivity contribution >= 4 is 5.97 Å². The van der Waals surface area contributed by atoms with E-state index in [-0.39, 0.29) is 18.1 Å². The van der Waals surface area contributed by atoms with Crippen molar-refractivity contribution in [1.29, 1.82) is 0 Å². The van der Waals surface area contributed by atoms with Crippen LogP contribution in [0.5, 0.6) is 0 Å². The molecule has 4 aliphatic carbocycles. The first-order valence-corrected chi connectivity index (χ1v) is 7.09. The van der Waals surface area contributed by atoms with E-state index in [1.807, 2.05) is 0 Å². The summed E-state index contributed by atoms with van der Waals surface area (Å²) in [7, 11) is 0. The standard InChI is InChI=1S/C14H23NO2/c1-2-14(17-13(16)8-15)11-4-9-3-10(6-11)7-12(14)5-9/h9-12H,2-8,15H2,1H3. The van der Waals surface area contributed by atoms with E-state index in [4.69, 9.17) is 10.5 Å². The van der Waals surface area contributed by atoms with Gasteiger partial charge in [-0.3, -0.25) is 4.79 Å². The lowest BCUT2D eigenvalue weighted by Gasteiger charge is -2.60. The highest BCUT2D eigenvalue weighted by molar-refractivity contribution is 5.72. The Hall–Kier alpha value is -0.570. The maximum Gasteiger partial charge on any atom is 0.320 e. The van der Waals surface area contributed by atoms with Crippen LogP contribution in [0.3, 0.4) is 0 Å². The van der Waals surface area contributed by atoms with Crippen LogP contribution in [-0.4, -0.2) is 18.1 Å². The molecule has 4 rings (SSSR count). The second-order valence-corrected chi connectivity index (χ2v) is 6.29. The lowest BCUT2D eigenvalue weighted by molar-refractivity contribution is -0.209. The number of rotatable bonds is 3. The molecule has 0 aliphatic heterocycles. The van der Waals surface area contributed by atoms with Crippen LogP contribution in [0.25, 0.3) is 0 Å². The SMILES string of the molecule is CCC1(OC(=O)CN)C2CC3CC(C2)CC1C3. The highest BCUT2D eigenvalue weighted by atomic mass is 16.6. The minimum absolute atomic E-state index is 0.0219. The number of ether oxygens (including phenoxy) is 1. The van der Waals surface area contributed by atoms with Crippen molar-refractivity contribution in [3.05, 3.63) is 0 Å². The molecule has 4 saturated carbocycles. The summed E-state index contributed by atoms with van der Waals surface area (Å²) in [6.07, 6.45) is 7.50. The number of hydrogen-bond acceptors (Lipinski definition) is 3. The second-order valence-electron chi connectivity index (χ2n) is 6.29. The summed E-state index contributed by atoms with van der Waals surface area (Å²) in [4.78, 5) is 11.6. The number of nitrogens with two attached hydrogens (primary N) is 1. The zero-order chi connectivity index (χ0) is 12.0. The molecule has 96 valence electrons. The molecule has 0 unspecified atom stereocenters. The number of hydrogen-bond donors (Lipinski definition) is 1. The summed E-state index contributed by atoms with van der Waals surface area (Å²) in [6.45, 7) is 2.19. The largest absolute Gasteiger partial charge is 0.458 e. The van der Waals surface area contributed by atoms with Crippen molar-refractivity contribution in [1.82, 2.24) is 0 Å². The Morgan fingerprint density at radius 1 is 1.18 bits per heavy atom. The zero-order valence-corrected chi connectivity index (χ0v) is 10.7. The summed E-state index contributed by atoms with van der Waals surface area (Å²) < 4.78 is 5.85. The Bertz CT molecular complexity index is 298. The summed E-state index contributed by atoms with van der Waals surface area (Å²) in [6, 6.07) is 0. The molecule has 0 atom stereocenters. The van der Waals surface area contributed by atoms with Gasteiger partial charge in [0.05, 0.1) is 6.54 Å². The monoisotopic (exact) mass is 237 g/mol. The molecular formula is C14H23NO2. The summed E-state index contributed by atoms with van der Waals surface area (Å²) in [5.74, 6) is 2.83. The van der Waals surface area contributed by atoms with Gasteiger partial charge in [0.15, 0.2) is 0 Å². The Labute approximate surface area is 103 Å². The molecule has 0 aromatic rings. The van der Waals surface area contributed by atoms with Gasteiger partial charge in [0.1, 0.15) is 5.60 Å². The molecule has 4 aliphatic rings. The first-order valence-electron chi connectivity index (χ1n) is 7.09. The fraction of sp³-hybridized carbons (Fsp3) is 0.929. The quantitative estimate of drug-likeness (QED) is 0.765. The molecule has 0 amide bonds. The molecule has 0 aromatic heterocycles. The van der Waals surface area contributed by atoms with Gasteiger partial charge in [0.25, 0.3) is 0 Å². The molecule has 3 heteroatoms. The molecular weight excluding hydrogens is 214 g/mol. The average molecular weight is 237 g/mol. The third-order valence-electron chi connectivity index (χ3n) is 5.54. The fourth-order valence-corrected chi connectivity index (χ4v) is 5.05. The first kappa shape index (κ1) is 11.5.